The molecule has 0 heterocycles. The van der Waals surface area contributed by atoms with Crippen LogP contribution in [0.4, 0.5) is 0 Å². The van der Waals surface area contributed by atoms with Crippen molar-refractivity contribution in [2.75, 3.05) is 19.8 Å². The lowest BCUT2D eigenvalue weighted by atomic mass is 10.6. The molecule has 2 N–H and O–H groups in total. The van der Waals surface area contributed by atoms with Crippen LogP contribution in [0.3, 0.4) is 0 Å². The van der Waals surface area contributed by atoms with Gasteiger partial charge >= 0.3 is 0 Å². The molecule has 0 aromatic carbocycles. The molecule has 0 aliphatic rings. The average Bonchev–Trinajstić information content (AvgIpc) is 1.98. The van der Waals surface area contributed by atoms with Crippen molar-refractivity contribution in [3.63, 3.8) is 0 Å². The van der Waals surface area contributed by atoms with Crippen LogP contribution in [0.2, 0.25) is 0 Å². The van der Waals surface area contributed by atoms with Crippen molar-refractivity contribution in [3.05, 3.63) is 0 Å². The molecule has 10 heavy (non-hydrogen) atoms. The fourth-order valence-corrected chi connectivity index (χ4v) is 0.412. The Morgan fingerprint density at radius 3 is 2.80 bits per heavy atom. The number of rotatable bonds is 6. The second kappa shape index (κ2) is 6.67. The minimum absolute atomic E-state index is 0.338. The van der Waals surface area contributed by atoms with E-state index in [4.69, 9.17) is 15.2 Å². The molecule has 0 fully saturated rings. The van der Waals surface area contributed by atoms with Gasteiger partial charge in [0.15, 0.2) is 6.23 Å². The van der Waals surface area contributed by atoms with Crippen molar-refractivity contribution >= 4 is 6.29 Å². The van der Waals surface area contributed by atoms with Gasteiger partial charge in [0.05, 0.1) is 13.2 Å². The number of hydrogen-bond donors (Lipinski definition) is 1. The van der Waals surface area contributed by atoms with Crippen molar-refractivity contribution < 1.29 is 14.3 Å². The van der Waals surface area contributed by atoms with Gasteiger partial charge in [0.2, 0.25) is 6.29 Å². The third-order valence-electron chi connectivity index (χ3n) is 0.845. The lowest BCUT2D eigenvalue weighted by molar-refractivity contribution is 0.0354. The normalized spacial score (nSPS) is 13.0. The van der Waals surface area contributed by atoms with Gasteiger partial charge in [-0.2, -0.15) is 0 Å². The first kappa shape index (κ1) is 9.55. The summed E-state index contributed by atoms with van der Waals surface area (Å²) in [5.74, 6) is 0. The van der Waals surface area contributed by atoms with Crippen LogP contribution in [-0.4, -0.2) is 32.3 Å². The average molecular weight is 146 g/mol. The van der Waals surface area contributed by atoms with Crippen LogP contribution in [0.5, 0.6) is 0 Å². The maximum atomic E-state index is 9.75. The van der Waals surface area contributed by atoms with Gasteiger partial charge in [-0.15, -0.1) is 0 Å². The molecule has 0 aromatic rings. The highest BCUT2D eigenvalue weighted by Gasteiger charge is 1.98. The Morgan fingerprint density at radius 2 is 2.30 bits per heavy atom. The molecule has 0 aliphatic heterocycles. The van der Waals surface area contributed by atoms with E-state index < -0.39 is 6.23 Å². The van der Waals surface area contributed by atoms with E-state index in [9.17, 15) is 4.79 Å². The van der Waals surface area contributed by atoms with Gasteiger partial charge in [0.25, 0.3) is 0 Å². The fourth-order valence-electron chi connectivity index (χ4n) is 0.412. The van der Waals surface area contributed by atoms with Crippen molar-refractivity contribution in [3.8, 4) is 0 Å². The number of ether oxygens (including phenoxy) is 2. The molecule has 0 amide bonds. The number of hydrogen-bond acceptors (Lipinski definition) is 4. The van der Waals surface area contributed by atoms with Crippen LogP contribution in [0.15, 0.2) is 0 Å². The largest absolute Gasteiger partial charge is 0.379 e. The zero-order chi connectivity index (χ0) is 7.82. The summed E-state index contributed by atoms with van der Waals surface area (Å²) in [4.78, 5) is 9.75. The van der Waals surface area contributed by atoms with Crippen molar-refractivity contribution in [2.24, 2.45) is 5.73 Å². The van der Waals surface area contributed by atoms with E-state index in [2.05, 4.69) is 0 Å². The molecule has 1 atom stereocenters. The van der Waals surface area contributed by atoms with Crippen LogP contribution in [0.25, 0.3) is 0 Å². The predicted molar refractivity (Wildman–Crippen MR) is 36.1 cm³/mol. The summed E-state index contributed by atoms with van der Waals surface area (Å²) in [6.45, 7) is 3.32. The Morgan fingerprint density at radius 1 is 1.60 bits per heavy atom. The van der Waals surface area contributed by atoms with Gasteiger partial charge in [-0.05, 0) is 6.92 Å². The molecule has 1 radical (unpaired) electrons. The summed E-state index contributed by atoms with van der Waals surface area (Å²) >= 11 is 0. The van der Waals surface area contributed by atoms with Crippen LogP contribution in [0, 0.1) is 0 Å². The van der Waals surface area contributed by atoms with Gasteiger partial charge in [0, 0.05) is 6.61 Å². The highest BCUT2D eigenvalue weighted by molar-refractivity contribution is 5.55. The Labute approximate surface area is 60.3 Å². The molecule has 0 bridgehead atoms. The fraction of sp³-hybridized carbons (Fsp3) is 0.833. The lowest BCUT2D eigenvalue weighted by Gasteiger charge is -2.04. The minimum atomic E-state index is -0.930. The van der Waals surface area contributed by atoms with Gasteiger partial charge in [-0.3, -0.25) is 10.5 Å². The Bertz CT molecular complexity index is 87.1. The van der Waals surface area contributed by atoms with Gasteiger partial charge in [0.1, 0.15) is 0 Å². The molecule has 4 heteroatoms. The molecular weight excluding hydrogens is 134 g/mol. The van der Waals surface area contributed by atoms with E-state index in [1.165, 1.54) is 6.29 Å². The molecule has 1 unspecified atom stereocenters. The first-order chi connectivity index (χ1) is 4.81. The first-order valence-electron chi connectivity index (χ1n) is 3.13. The van der Waals surface area contributed by atoms with E-state index in [1.807, 2.05) is 6.92 Å². The molecular formula is C6H12NO3. The highest BCUT2D eigenvalue weighted by Crippen LogP contribution is 1.79. The molecule has 0 aromatic heterocycles. The number of carbonyl (C=O) groups excluding carboxylic acids is 1. The molecule has 4 nitrogen and oxygen atoms in total. The van der Waals surface area contributed by atoms with Gasteiger partial charge in [-0.1, -0.05) is 0 Å². The van der Waals surface area contributed by atoms with Crippen molar-refractivity contribution in [1.29, 1.82) is 0 Å². The summed E-state index contributed by atoms with van der Waals surface area (Å²) in [6, 6.07) is 0. The maximum Gasteiger partial charge on any atom is 0.245 e. The van der Waals surface area contributed by atoms with E-state index >= 15 is 0 Å². The molecule has 0 rings (SSSR count). The minimum Gasteiger partial charge on any atom is -0.379 e. The standard InChI is InChI=1S/C6H12NO3/c1-2-9-3-4-10-6(7)5-8/h6H,2-4,7H2,1H3. The second-order valence-corrected chi connectivity index (χ2v) is 1.61. The third kappa shape index (κ3) is 5.68. The first-order valence-corrected chi connectivity index (χ1v) is 3.13. The van der Waals surface area contributed by atoms with Gasteiger partial charge in [-0.25, -0.2) is 0 Å². The topological polar surface area (TPSA) is 61.6 Å². The molecule has 59 valence electrons. The summed E-state index contributed by atoms with van der Waals surface area (Å²) in [7, 11) is 0. The molecule has 0 saturated heterocycles. The second-order valence-electron chi connectivity index (χ2n) is 1.61. The zero-order valence-electron chi connectivity index (χ0n) is 6.00. The monoisotopic (exact) mass is 146 g/mol. The Balaban J connectivity index is 2.95. The lowest BCUT2D eigenvalue weighted by Crippen LogP contribution is -2.26. The summed E-state index contributed by atoms with van der Waals surface area (Å²) in [5, 5.41) is 0. The van der Waals surface area contributed by atoms with Gasteiger partial charge < -0.3 is 9.47 Å². The van der Waals surface area contributed by atoms with Crippen LogP contribution in [0.1, 0.15) is 6.92 Å². The predicted octanol–water partition coefficient (Wildman–Crippen LogP) is -0.566. The Kier molecular flexibility index (Phi) is 6.37. The quantitative estimate of drug-likeness (QED) is 0.403. The maximum absolute atomic E-state index is 9.75. The SMILES string of the molecule is CCOCCOC(N)[C]=O. The van der Waals surface area contributed by atoms with Crippen LogP contribution in [-0.2, 0) is 14.3 Å². The van der Waals surface area contributed by atoms with E-state index in [1.54, 1.807) is 0 Å². The zero-order valence-corrected chi connectivity index (χ0v) is 6.00. The van der Waals surface area contributed by atoms with E-state index in [0.29, 0.717) is 19.8 Å². The smallest absolute Gasteiger partial charge is 0.245 e. The van der Waals surface area contributed by atoms with E-state index in [-0.39, 0.29) is 0 Å². The van der Waals surface area contributed by atoms with Crippen molar-refractivity contribution in [1.82, 2.24) is 0 Å². The highest BCUT2D eigenvalue weighted by atomic mass is 16.5. The summed E-state index contributed by atoms with van der Waals surface area (Å²) in [5.41, 5.74) is 5.05. The molecule has 0 spiro atoms. The number of nitrogens with two attached hydrogens (primary N) is 1. The third-order valence-corrected chi connectivity index (χ3v) is 0.845. The summed E-state index contributed by atoms with van der Waals surface area (Å²) in [6.07, 6.45) is 0.562. The molecule has 0 saturated carbocycles. The van der Waals surface area contributed by atoms with Crippen LogP contribution >= 0.6 is 0 Å². The van der Waals surface area contributed by atoms with Crippen LogP contribution < -0.4 is 5.73 Å². The summed E-state index contributed by atoms with van der Waals surface area (Å²) < 4.78 is 9.64. The van der Waals surface area contributed by atoms with Crippen molar-refractivity contribution in [2.45, 2.75) is 13.2 Å². The van der Waals surface area contributed by atoms with E-state index in [0.717, 1.165) is 0 Å². The Hall–Kier alpha value is -0.450. The molecule has 0 aliphatic carbocycles.